The summed E-state index contributed by atoms with van der Waals surface area (Å²) in [6.45, 7) is 3.97. The van der Waals surface area contributed by atoms with E-state index in [9.17, 15) is 9.18 Å². The predicted octanol–water partition coefficient (Wildman–Crippen LogP) is 2.17. The van der Waals surface area contributed by atoms with Gasteiger partial charge in [0.15, 0.2) is 0 Å². The lowest BCUT2D eigenvalue weighted by atomic mass is 9.93. The van der Waals surface area contributed by atoms with E-state index in [0.717, 1.165) is 26.1 Å². The maximum atomic E-state index is 12.7. The average Bonchev–Trinajstić information content (AvgIpc) is 2.48. The number of halogens is 1. The molecule has 2 rings (SSSR count). The van der Waals surface area contributed by atoms with Crippen LogP contribution in [0.1, 0.15) is 19.8 Å². The summed E-state index contributed by atoms with van der Waals surface area (Å²) in [6.07, 6.45) is 2.07. The Morgan fingerprint density at radius 3 is 2.65 bits per heavy atom. The fourth-order valence-electron chi connectivity index (χ4n) is 2.37. The monoisotopic (exact) mass is 280 g/mol. The Morgan fingerprint density at radius 1 is 1.35 bits per heavy atom. The quantitative estimate of drug-likeness (QED) is 0.869. The van der Waals surface area contributed by atoms with Crippen LogP contribution >= 0.6 is 0 Å². The van der Waals surface area contributed by atoms with E-state index < -0.39 is 0 Å². The third-order valence-electron chi connectivity index (χ3n) is 3.69. The van der Waals surface area contributed by atoms with Crippen LogP contribution in [-0.4, -0.2) is 31.7 Å². The molecule has 5 heteroatoms. The summed E-state index contributed by atoms with van der Waals surface area (Å²) in [5.74, 6) is 0.132. The standard InChI is InChI=1S/C15H21FN2O2/c1-11(12-6-8-20-9-7-12)17-10-15(19)18-14-4-2-13(16)3-5-14/h2-5,11-12,17H,6-10H2,1H3,(H,18,19). The van der Waals surface area contributed by atoms with Crippen molar-refractivity contribution in [3.05, 3.63) is 30.1 Å². The fourth-order valence-corrected chi connectivity index (χ4v) is 2.37. The van der Waals surface area contributed by atoms with Crippen LogP contribution in [0.15, 0.2) is 24.3 Å². The van der Waals surface area contributed by atoms with Gasteiger partial charge in [-0.05, 0) is 49.9 Å². The Labute approximate surface area is 118 Å². The van der Waals surface area contributed by atoms with Gasteiger partial charge < -0.3 is 15.4 Å². The molecule has 0 radical (unpaired) electrons. The van der Waals surface area contributed by atoms with Crippen LogP contribution in [0.5, 0.6) is 0 Å². The summed E-state index contributed by atoms with van der Waals surface area (Å²) >= 11 is 0. The number of ether oxygens (including phenoxy) is 1. The zero-order valence-corrected chi connectivity index (χ0v) is 11.7. The van der Waals surface area contributed by atoms with E-state index in [1.807, 2.05) is 0 Å². The molecule has 1 fully saturated rings. The number of rotatable bonds is 5. The van der Waals surface area contributed by atoms with Gasteiger partial charge in [-0.2, -0.15) is 0 Å². The second kappa shape index (κ2) is 7.36. The summed E-state index contributed by atoms with van der Waals surface area (Å²) < 4.78 is 18.1. The van der Waals surface area contributed by atoms with Gasteiger partial charge in [-0.1, -0.05) is 0 Å². The number of carbonyl (C=O) groups is 1. The van der Waals surface area contributed by atoms with E-state index in [4.69, 9.17) is 4.74 Å². The second-order valence-corrected chi connectivity index (χ2v) is 5.17. The zero-order valence-electron chi connectivity index (χ0n) is 11.7. The Hall–Kier alpha value is -1.46. The van der Waals surface area contributed by atoms with E-state index in [2.05, 4.69) is 17.6 Å². The molecule has 1 atom stereocenters. The van der Waals surface area contributed by atoms with E-state index in [1.54, 1.807) is 12.1 Å². The van der Waals surface area contributed by atoms with Crippen LogP contribution in [0.25, 0.3) is 0 Å². The SMILES string of the molecule is CC(NCC(=O)Nc1ccc(F)cc1)C1CCOCC1. The molecule has 1 amide bonds. The molecule has 0 saturated carbocycles. The van der Waals surface area contributed by atoms with Crippen molar-refractivity contribution in [3.8, 4) is 0 Å². The van der Waals surface area contributed by atoms with Gasteiger partial charge in [-0.25, -0.2) is 4.39 Å². The summed E-state index contributed by atoms with van der Waals surface area (Å²) in [7, 11) is 0. The highest BCUT2D eigenvalue weighted by molar-refractivity contribution is 5.92. The smallest absolute Gasteiger partial charge is 0.238 e. The maximum absolute atomic E-state index is 12.7. The van der Waals surface area contributed by atoms with E-state index in [0.29, 0.717) is 11.6 Å². The molecule has 2 N–H and O–H groups in total. The Morgan fingerprint density at radius 2 is 2.00 bits per heavy atom. The van der Waals surface area contributed by atoms with Crippen LogP contribution in [0.4, 0.5) is 10.1 Å². The molecule has 0 aromatic heterocycles. The van der Waals surface area contributed by atoms with Crippen LogP contribution in [0, 0.1) is 11.7 Å². The first-order valence-corrected chi connectivity index (χ1v) is 7.01. The largest absolute Gasteiger partial charge is 0.381 e. The first kappa shape index (κ1) is 14.9. The van der Waals surface area contributed by atoms with Gasteiger partial charge in [0.25, 0.3) is 0 Å². The Kier molecular flexibility index (Phi) is 5.49. The summed E-state index contributed by atoms with van der Waals surface area (Å²) in [4.78, 5) is 11.8. The highest BCUT2D eigenvalue weighted by Gasteiger charge is 2.20. The van der Waals surface area contributed by atoms with Crippen molar-refractivity contribution >= 4 is 11.6 Å². The summed E-state index contributed by atoms with van der Waals surface area (Å²) in [5.41, 5.74) is 0.608. The molecule has 0 bridgehead atoms. The molecular formula is C15H21FN2O2. The normalized spacial score (nSPS) is 17.7. The fraction of sp³-hybridized carbons (Fsp3) is 0.533. The maximum Gasteiger partial charge on any atom is 0.238 e. The number of benzene rings is 1. The Bertz CT molecular complexity index is 430. The molecule has 1 aromatic rings. The molecule has 20 heavy (non-hydrogen) atoms. The number of amides is 1. The number of hydrogen-bond donors (Lipinski definition) is 2. The minimum atomic E-state index is -0.311. The van der Waals surface area contributed by atoms with Gasteiger partial charge in [0.05, 0.1) is 6.54 Å². The van der Waals surface area contributed by atoms with Crippen molar-refractivity contribution in [1.29, 1.82) is 0 Å². The summed E-state index contributed by atoms with van der Waals surface area (Å²) in [6, 6.07) is 6.05. The molecule has 1 unspecified atom stereocenters. The van der Waals surface area contributed by atoms with Gasteiger partial charge in [-0.15, -0.1) is 0 Å². The van der Waals surface area contributed by atoms with E-state index >= 15 is 0 Å². The topological polar surface area (TPSA) is 50.4 Å². The van der Waals surface area contributed by atoms with Crippen molar-refractivity contribution in [3.63, 3.8) is 0 Å². The van der Waals surface area contributed by atoms with Gasteiger partial charge in [0.1, 0.15) is 5.82 Å². The first-order valence-electron chi connectivity index (χ1n) is 7.01. The molecule has 4 nitrogen and oxygen atoms in total. The molecule has 1 saturated heterocycles. The number of nitrogens with one attached hydrogen (secondary N) is 2. The average molecular weight is 280 g/mol. The van der Waals surface area contributed by atoms with Crippen molar-refractivity contribution in [2.75, 3.05) is 25.1 Å². The third-order valence-corrected chi connectivity index (χ3v) is 3.69. The van der Waals surface area contributed by atoms with Gasteiger partial charge in [-0.3, -0.25) is 4.79 Å². The van der Waals surface area contributed by atoms with Crippen molar-refractivity contribution < 1.29 is 13.9 Å². The molecule has 1 heterocycles. The van der Waals surface area contributed by atoms with Crippen molar-refractivity contribution in [2.24, 2.45) is 5.92 Å². The minimum absolute atomic E-state index is 0.115. The lowest BCUT2D eigenvalue weighted by Gasteiger charge is -2.28. The predicted molar refractivity (Wildman–Crippen MR) is 76.0 cm³/mol. The molecule has 1 aromatic carbocycles. The number of hydrogen-bond acceptors (Lipinski definition) is 3. The number of carbonyl (C=O) groups excluding carboxylic acids is 1. The molecular weight excluding hydrogens is 259 g/mol. The van der Waals surface area contributed by atoms with Crippen LogP contribution in [0.2, 0.25) is 0 Å². The van der Waals surface area contributed by atoms with Crippen molar-refractivity contribution in [2.45, 2.75) is 25.8 Å². The molecule has 0 spiro atoms. The lowest BCUT2D eigenvalue weighted by Crippen LogP contribution is -2.40. The Balaban J connectivity index is 1.72. The van der Waals surface area contributed by atoms with E-state index in [-0.39, 0.29) is 24.3 Å². The summed E-state index contributed by atoms with van der Waals surface area (Å²) in [5, 5.41) is 5.98. The minimum Gasteiger partial charge on any atom is -0.381 e. The highest BCUT2D eigenvalue weighted by atomic mass is 19.1. The van der Waals surface area contributed by atoms with Crippen molar-refractivity contribution in [1.82, 2.24) is 5.32 Å². The van der Waals surface area contributed by atoms with Gasteiger partial charge in [0, 0.05) is 24.9 Å². The van der Waals surface area contributed by atoms with Gasteiger partial charge >= 0.3 is 0 Å². The van der Waals surface area contributed by atoms with Crippen LogP contribution in [0.3, 0.4) is 0 Å². The second-order valence-electron chi connectivity index (χ2n) is 5.17. The number of anilines is 1. The van der Waals surface area contributed by atoms with E-state index in [1.165, 1.54) is 12.1 Å². The highest BCUT2D eigenvalue weighted by Crippen LogP contribution is 2.18. The first-order chi connectivity index (χ1) is 9.65. The van der Waals surface area contributed by atoms with Crippen LogP contribution in [-0.2, 0) is 9.53 Å². The molecule has 110 valence electrons. The zero-order chi connectivity index (χ0) is 14.4. The third kappa shape index (κ3) is 4.58. The molecule has 1 aliphatic rings. The molecule has 1 aliphatic heterocycles. The lowest BCUT2D eigenvalue weighted by molar-refractivity contribution is -0.115. The molecule has 0 aliphatic carbocycles. The van der Waals surface area contributed by atoms with Gasteiger partial charge in [0.2, 0.25) is 5.91 Å². The van der Waals surface area contributed by atoms with Crippen LogP contribution < -0.4 is 10.6 Å².